The molecule has 0 aliphatic heterocycles. The lowest BCUT2D eigenvalue weighted by Crippen LogP contribution is -2.02. The quantitative estimate of drug-likeness (QED) is 0.941. The summed E-state index contributed by atoms with van der Waals surface area (Å²) in [5.74, 6) is 0. The fraction of sp³-hybridized carbons (Fsp3) is 0.143. The van der Waals surface area contributed by atoms with E-state index in [9.17, 15) is 8.42 Å². The molecule has 0 atom stereocenters. The molecule has 0 fully saturated rings. The number of nitrogens with one attached hydrogen (secondary N) is 1. The molecule has 5 heteroatoms. The van der Waals surface area contributed by atoms with E-state index in [0.29, 0.717) is 17.3 Å². The van der Waals surface area contributed by atoms with Crippen LogP contribution in [0.15, 0.2) is 53.4 Å². The van der Waals surface area contributed by atoms with Crippen molar-refractivity contribution in [2.75, 3.05) is 11.6 Å². The number of benzene rings is 2. The van der Waals surface area contributed by atoms with E-state index in [0.717, 1.165) is 5.56 Å². The second-order valence-electron chi connectivity index (χ2n) is 4.25. The van der Waals surface area contributed by atoms with Gasteiger partial charge in [-0.3, -0.25) is 0 Å². The highest BCUT2D eigenvalue weighted by Crippen LogP contribution is 2.25. The van der Waals surface area contributed by atoms with Gasteiger partial charge in [0.2, 0.25) is 0 Å². The van der Waals surface area contributed by atoms with Gasteiger partial charge in [0.25, 0.3) is 0 Å². The van der Waals surface area contributed by atoms with Crippen LogP contribution in [0.3, 0.4) is 0 Å². The van der Waals surface area contributed by atoms with Crippen LogP contribution in [0.5, 0.6) is 0 Å². The average molecular weight is 296 g/mol. The lowest BCUT2D eigenvalue weighted by molar-refractivity contribution is 0.602. The summed E-state index contributed by atoms with van der Waals surface area (Å²) in [7, 11) is -3.22. The summed E-state index contributed by atoms with van der Waals surface area (Å²) in [4.78, 5) is 0.257. The van der Waals surface area contributed by atoms with Crippen molar-refractivity contribution in [2.24, 2.45) is 0 Å². The van der Waals surface area contributed by atoms with Crippen molar-refractivity contribution in [2.45, 2.75) is 11.4 Å². The van der Waals surface area contributed by atoms with Crippen LogP contribution in [0, 0.1) is 0 Å². The van der Waals surface area contributed by atoms with Crippen molar-refractivity contribution in [3.63, 3.8) is 0 Å². The number of hydrogen-bond donors (Lipinski definition) is 1. The topological polar surface area (TPSA) is 46.2 Å². The fourth-order valence-electron chi connectivity index (χ4n) is 1.66. The van der Waals surface area contributed by atoms with Gasteiger partial charge >= 0.3 is 0 Å². The van der Waals surface area contributed by atoms with Gasteiger partial charge in [0.1, 0.15) is 0 Å². The molecule has 0 aromatic heterocycles. The zero-order valence-corrected chi connectivity index (χ0v) is 12.0. The number of anilines is 1. The third kappa shape index (κ3) is 3.72. The number of halogens is 1. The van der Waals surface area contributed by atoms with E-state index >= 15 is 0 Å². The van der Waals surface area contributed by atoms with Crippen LogP contribution in [0.25, 0.3) is 0 Å². The average Bonchev–Trinajstić information content (AvgIpc) is 2.37. The molecule has 2 aromatic carbocycles. The Morgan fingerprint density at radius 3 is 2.42 bits per heavy atom. The van der Waals surface area contributed by atoms with E-state index in [2.05, 4.69) is 5.32 Å². The van der Waals surface area contributed by atoms with Gasteiger partial charge in [0.05, 0.1) is 15.6 Å². The molecular weight excluding hydrogens is 282 g/mol. The van der Waals surface area contributed by atoms with Crippen molar-refractivity contribution in [3.8, 4) is 0 Å². The van der Waals surface area contributed by atoms with E-state index in [1.54, 1.807) is 12.1 Å². The molecule has 2 aromatic rings. The summed E-state index contributed by atoms with van der Waals surface area (Å²) in [6, 6.07) is 14.5. The summed E-state index contributed by atoms with van der Waals surface area (Å²) >= 11 is 6.06. The minimum Gasteiger partial charge on any atom is -0.380 e. The van der Waals surface area contributed by atoms with Crippen LogP contribution in [-0.4, -0.2) is 14.7 Å². The Morgan fingerprint density at radius 2 is 1.79 bits per heavy atom. The predicted molar refractivity (Wildman–Crippen MR) is 78.3 cm³/mol. The standard InChI is InChI=1S/C14H14ClNO2S/c1-19(17,18)12-7-8-13(15)14(9-12)16-10-11-5-3-2-4-6-11/h2-9,16H,10H2,1H3. The number of rotatable bonds is 4. The van der Waals surface area contributed by atoms with Gasteiger partial charge in [-0.15, -0.1) is 0 Å². The van der Waals surface area contributed by atoms with Gasteiger partial charge in [-0.05, 0) is 23.8 Å². The number of sulfone groups is 1. The third-order valence-electron chi connectivity index (χ3n) is 2.69. The molecule has 0 saturated heterocycles. The van der Waals surface area contributed by atoms with Gasteiger partial charge in [-0.1, -0.05) is 41.9 Å². The molecule has 0 aliphatic carbocycles. The molecule has 1 N–H and O–H groups in total. The maximum absolute atomic E-state index is 11.5. The van der Waals surface area contributed by atoms with Gasteiger partial charge in [0.15, 0.2) is 9.84 Å². The fourth-order valence-corrected chi connectivity index (χ4v) is 2.50. The summed E-state index contributed by atoms with van der Waals surface area (Å²) in [5.41, 5.74) is 1.72. The Morgan fingerprint density at radius 1 is 1.11 bits per heavy atom. The highest BCUT2D eigenvalue weighted by Gasteiger charge is 2.10. The molecule has 0 saturated carbocycles. The van der Waals surface area contributed by atoms with Crippen LogP contribution < -0.4 is 5.32 Å². The SMILES string of the molecule is CS(=O)(=O)c1ccc(Cl)c(NCc2ccccc2)c1. The third-order valence-corrected chi connectivity index (χ3v) is 4.13. The maximum atomic E-state index is 11.5. The predicted octanol–water partition coefficient (Wildman–Crippen LogP) is 3.36. The molecule has 0 heterocycles. The van der Waals surface area contributed by atoms with Gasteiger partial charge in [-0.2, -0.15) is 0 Å². The first-order chi connectivity index (χ1) is 8.97. The van der Waals surface area contributed by atoms with Gasteiger partial charge in [0, 0.05) is 12.8 Å². The van der Waals surface area contributed by atoms with Crippen LogP contribution in [-0.2, 0) is 16.4 Å². The second-order valence-corrected chi connectivity index (χ2v) is 6.68. The maximum Gasteiger partial charge on any atom is 0.175 e. The molecule has 0 aliphatic rings. The Kier molecular flexibility index (Phi) is 4.12. The van der Waals surface area contributed by atoms with Crippen LogP contribution >= 0.6 is 11.6 Å². The summed E-state index contributed by atoms with van der Waals surface area (Å²) in [6.45, 7) is 0.591. The van der Waals surface area contributed by atoms with Crippen molar-refractivity contribution in [1.82, 2.24) is 0 Å². The molecule has 2 rings (SSSR count). The van der Waals surface area contributed by atoms with Crippen molar-refractivity contribution in [3.05, 3.63) is 59.1 Å². The minimum atomic E-state index is -3.22. The Hall–Kier alpha value is -1.52. The molecule has 0 radical (unpaired) electrons. The van der Waals surface area contributed by atoms with E-state index in [1.807, 2.05) is 30.3 Å². The van der Waals surface area contributed by atoms with Gasteiger partial charge < -0.3 is 5.32 Å². The minimum absolute atomic E-state index is 0.257. The summed E-state index contributed by atoms with van der Waals surface area (Å²) in [5, 5.41) is 3.65. The summed E-state index contributed by atoms with van der Waals surface area (Å²) in [6.07, 6.45) is 1.18. The molecule has 0 unspecified atom stereocenters. The molecular formula is C14H14ClNO2S. The van der Waals surface area contributed by atoms with Crippen LogP contribution in [0.1, 0.15) is 5.56 Å². The van der Waals surface area contributed by atoms with Gasteiger partial charge in [-0.25, -0.2) is 8.42 Å². The normalized spacial score (nSPS) is 11.3. The van der Waals surface area contributed by atoms with E-state index in [4.69, 9.17) is 11.6 Å². The summed E-state index contributed by atoms with van der Waals surface area (Å²) < 4.78 is 23.0. The zero-order chi connectivity index (χ0) is 13.9. The van der Waals surface area contributed by atoms with Crippen molar-refractivity contribution >= 4 is 27.1 Å². The highest BCUT2D eigenvalue weighted by molar-refractivity contribution is 7.90. The molecule has 19 heavy (non-hydrogen) atoms. The Balaban J connectivity index is 2.21. The Labute approximate surface area is 118 Å². The first-order valence-corrected chi connectivity index (χ1v) is 8.01. The molecule has 0 bridgehead atoms. The van der Waals surface area contributed by atoms with Crippen LogP contribution in [0.2, 0.25) is 5.02 Å². The monoisotopic (exact) mass is 295 g/mol. The Bertz CT molecular complexity index is 669. The molecule has 0 spiro atoms. The largest absolute Gasteiger partial charge is 0.380 e. The number of hydrogen-bond acceptors (Lipinski definition) is 3. The van der Waals surface area contributed by atoms with E-state index in [-0.39, 0.29) is 4.90 Å². The first-order valence-electron chi connectivity index (χ1n) is 5.74. The molecule has 100 valence electrons. The highest BCUT2D eigenvalue weighted by atomic mass is 35.5. The smallest absolute Gasteiger partial charge is 0.175 e. The second kappa shape index (κ2) is 5.63. The molecule has 0 amide bonds. The van der Waals surface area contributed by atoms with E-state index in [1.165, 1.54) is 12.3 Å². The lowest BCUT2D eigenvalue weighted by atomic mass is 10.2. The van der Waals surface area contributed by atoms with Crippen molar-refractivity contribution < 1.29 is 8.42 Å². The zero-order valence-electron chi connectivity index (χ0n) is 10.4. The van der Waals surface area contributed by atoms with E-state index < -0.39 is 9.84 Å². The molecule has 3 nitrogen and oxygen atoms in total. The van der Waals surface area contributed by atoms with Crippen LogP contribution in [0.4, 0.5) is 5.69 Å². The first kappa shape index (κ1) is 13.9. The van der Waals surface area contributed by atoms with Crippen molar-refractivity contribution in [1.29, 1.82) is 0 Å². The lowest BCUT2D eigenvalue weighted by Gasteiger charge is -2.10.